The molecule has 22 heavy (non-hydrogen) atoms. The van der Waals surface area contributed by atoms with E-state index in [9.17, 15) is 8.42 Å². The van der Waals surface area contributed by atoms with Gasteiger partial charge >= 0.3 is 0 Å². The fraction of sp³-hybridized carbons (Fsp3) is 0.438. The summed E-state index contributed by atoms with van der Waals surface area (Å²) in [4.78, 5) is 3.93. The molecule has 0 radical (unpaired) electrons. The Morgan fingerprint density at radius 1 is 1.18 bits per heavy atom. The minimum atomic E-state index is -3.54. The zero-order valence-corrected chi connectivity index (χ0v) is 14.2. The molecule has 1 heterocycles. The fourth-order valence-electron chi connectivity index (χ4n) is 2.25. The molecule has 5 nitrogen and oxygen atoms in total. The number of aromatic nitrogens is 2. The van der Waals surface area contributed by atoms with E-state index >= 15 is 0 Å². The van der Waals surface area contributed by atoms with Gasteiger partial charge < -0.3 is 9.67 Å². The van der Waals surface area contributed by atoms with Crippen LogP contribution in [0.2, 0.25) is 0 Å². The van der Waals surface area contributed by atoms with E-state index in [0.717, 1.165) is 11.1 Å². The summed E-state index contributed by atoms with van der Waals surface area (Å²) >= 11 is 0. The van der Waals surface area contributed by atoms with Crippen LogP contribution in [0, 0.1) is 0 Å². The lowest BCUT2D eigenvalue weighted by molar-refractivity contribution is 0.271. The van der Waals surface area contributed by atoms with Crippen LogP contribution in [-0.2, 0) is 34.7 Å². The van der Waals surface area contributed by atoms with Crippen LogP contribution >= 0.6 is 0 Å². The number of aliphatic hydroxyl groups is 1. The van der Waals surface area contributed by atoms with E-state index in [0.29, 0.717) is 5.69 Å². The first-order chi connectivity index (χ1) is 10.1. The van der Waals surface area contributed by atoms with Crippen molar-refractivity contribution in [3.63, 3.8) is 0 Å². The van der Waals surface area contributed by atoms with Crippen molar-refractivity contribution in [1.82, 2.24) is 9.55 Å². The fourth-order valence-corrected chi connectivity index (χ4v) is 3.75. The van der Waals surface area contributed by atoms with Crippen LogP contribution in [0.3, 0.4) is 0 Å². The largest absolute Gasteiger partial charge is 0.390 e. The molecule has 0 saturated heterocycles. The van der Waals surface area contributed by atoms with E-state index in [4.69, 9.17) is 5.11 Å². The molecule has 1 N–H and O–H groups in total. The van der Waals surface area contributed by atoms with E-state index in [1.807, 2.05) is 24.3 Å². The average molecular weight is 322 g/mol. The third kappa shape index (κ3) is 3.39. The highest BCUT2D eigenvalue weighted by molar-refractivity contribution is 7.90. The summed E-state index contributed by atoms with van der Waals surface area (Å²) in [6, 6.07) is 7.60. The summed E-state index contributed by atoms with van der Waals surface area (Å²) in [7, 11) is -1.95. The van der Waals surface area contributed by atoms with Crippen molar-refractivity contribution < 1.29 is 13.5 Å². The molecular weight excluding hydrogens is 300 g/mol. The molecule has 0 bridgehead atoms. The Labute approximate surface area is 131 Å². The molecule has 0 aliphatic rings. The van der Waals surface area contributed by atoms with Gasteiger partial charge in [-0.1, -0.05) is 45.0 Å². The van der Waals surface area contributed by atoms with Gasteiger partial charge in [0.25, 0.3) is 0 Å². The van der Waals surface area contributed by atoms with E-state index in [1.165, 1.54) is 10.8 Å². The van der Waals surface area contributed by atoms with Gasteiger partial charge in [-0.05, 0) is 16.5 Å². The summed E-state index contributed by atoms with van der Waals surface area (Å²) in [5, 5.41) is 9.12. The second kappa shape index (κ2) is 5.85. The normalized spacial score (nSPS) is 12.6. The zero-order chi connectivity index (χ0) is 16.5. The molecule has 0 aliphatic carbocycles. The molecule has 0 aliphatic heterocycles. The third-order valence-electron chi connectivity index (χ3n) is 3.66. The standard InChI is InChI=1S/C16H22N2O3S/c1-16(2,3)13-7-5-12(6-8-13)11-22(20,21)15-17-9-14(10-19)18(15)4/h5-9,19H,10-11H2,1-4H3. The van der Waals surface area contributed by atoms with Crippen LogP contribution in [0.1, 0.15) is 37.6 Å². The first-order valence-corrected chi connectivity index (χ1v) is 8.74. The lowest BCUT2D eigenvalue weighted by Crippen LogP contribution is -2.13. The van der Waals surface area contributed by atoms with Gasteiger partial charge in [0.05, 0.1) is 24.3 Å². The Balaban J connectivity index is 2.27. The number of imidazole rings is 1. The molecule has 0 saturated carbocycles. The van der Waals surface area contributed by atoms with Crippen molar-refractivity contribution in [3.05, 3.63) is 47.3 Å². The summed E-state index contributed by atoms with van der Waals surface area (Å²) in [5.74, 6) is -0.104. The molecular formula is C16H22N2O3S. The van der Waals surface area contributed by atoms with Gasteiger partial charge in [-0.2, -0.15) is 0 Å². The molecule has 1 aromatic carbocycles. The average Bonchev–Trinajstić information content (AvgIpc) is 2.79. The summed E-state index contributed by atoms with van der Waals surface area (Å²) in [6.45, 7) is 6.11. The molecule has 1 aromatic heterocycles. The van der Waals surface area contributed by atoms with Crippen molar-refractivity contribution in [2.75, 3.05) is 0 Å². The summed E-state index contributed by atoms with van der Waals surface area (Å²) in [5.41, 5.74) is 2.39. The van der Waals surface area contributed by atoms with Crippen LogP contribution < -0.4 is 0 Å². The van der Waals surface area contributed by atoms with Gasteiger partial charge in [0.15, 0.2) is 0 Å². The number of nitrogens with zero attached hydrogens (tertiary/aromatic N) is 2. The number of aliphatic hydroxyl groups excluding tert-OH is 1. The van der Waals surface area contributed by atoms with Crippen LogP contribution in [0.5, 0.6) is 0 Å². The minimum absolute atomic E-state index is 0.0172. The van der Waals surface area contributed by atoms with Crippen molar-refractivity contribution in [2.45, 2.75) is 43.7 Å². The van der Waals surface area contributed by atoms with Gasteiger partial charge in [-0.25, -0.2) is 13.4 Å². The maximum Gasteiger partial charge on any atom is 0.227 e. The van der Waals surface area contributed by atoms with Crippen LogP contribution in [0.25, 0.3) is 0 Å². The zero-order valence-electron chi connectivity index (χ0n) is 13.4. The Hall–Kier alpha value is -1.66. The lowest BCUT2D eigenvalue weighted by Gasteiger charge is -2.19. The highest BCUT2D eigenvalue weighted by Gasteiger charge is 2.22. The molecule has 0 fully saturated rings. The SMILES string of the molecule is Cn1c(CO)cnc1S(=O)(=O)Cc1ccc(C(C)(C)C)cc1. The molecule has 120 valence electrons. The Kier molecular flexibility index (Phi) is 4.44. The van der Waals surface area contributed by atoms with Gasteiger partial charge in [0.1, 0.15) is 0 Å². The Morgan fingerprint density at radius 3 is 2.23 bits per heavy atom. The van der Waals surface area contributed by atoms with Crippen molar-refractivity contribution >= 4 is 9.84 Å². The van der Waals surface area contributed by atoms with Gasteiger partial charge in [-0.15, -0.1) is 0 Å². The number of benzene rings is 1. The highest BCUT2D eigenvalue weighted by Crippen LogP contribution is 2.23. The number of hydrogen-bond donors (Lipinski definition) is 1. The molecule has 0 atom stereocenters. The molecule has 0 amide bonds. The first kappa shape index (κ1) is 16.7. The van der Waals surface area contributed by atoms with Crippen LogP contribution in [-0.4, -0.2) is 23.1 Å². The number of rotatable bonds is 4. The minimum Gasteiger partial charge on any atom is -0.390 e. The highest BCUT2D eigenvalue weighted by atomic mass is 32.2. The van der Waals surface area contributed by atoms with E-state index < -0.39 is 9.84 Å². The molecule has 0 spiro atoms. The quantitative estimate of drug-likeness (QED) is 0.936. The second-order valence-corrected chi connectivity index (χ2v) is 8.34. The second-order valence-electron chi connectivity index (χ2n) is 6.46. The van der Waals surface area contributed by atoms with Crippen LogP contribution in [0.4, 0.5) is 0 Å². The van der Waals surface area contributed by atoms with E-state index in [2.05, 4.69) is 25.8 Å². The maximum absolute atomic E-state index is 12.5. The summed E-state index contributed by atoms with van der Waals surface area (Å²) in [6.07, 6.45) is 1.38. The molecule has 6 heteroatoms. The van der Waals surface area contributed by atoms with Crippen molar-refractivity contribution in [2.24, 2.45) is 7.05 Å². The van der Waals surface area contributed by atoms with Crippen LogP contribution in [0.15, 0.2) is 35.6 Å². The van der Waals surface area contributed by atoms with E-state index in [1.54, 1.807) is 7.05 Å². The van der Waals surface area contributed by atoms with E-state index in [-0.39, 0.29) is 22.9 Å². The van der Waals surface area contributed by atoms with Crippen molar-refractivity contribution in [3.8, 4) is 0 Å². The first-order valence-electron chi connectivity index (χ1n) is 7.09. The Bertz CT molecular complexity index is 754. The predicted octanol–water partition coefficient (Wildman–Crippen LogP) is 2.18. The lowest BCUT2D eigenvalue weighted by atomic mass is 9.87. The van der Waals surface area contributed by atoms with Gasteiger partial charge in [0.2, 0.25) is 15.0 Å². The number of hydrogen-bond acceptors (Lipinski definition) is 4. The topological polar surface area (TPSA) is 72.2 Å². The molecule has 2 rings (SSSR count). The van der Waals surface area contributed by atoms with Gasteiger partial charge in [0, 0.05) is 7.05 Å². The monoisotopic (exact) mass is 322 g/mol. The number of sulfone groups is 1. The predicted molar refractivity (Wildman–Crippen MR) is 85.2 cm³/mol. The molecule has 2 aromatic rings. The van der Waals surface area contributed by atoms with Crippen molar-refractivity contribution in [1.29, 1.82) is 0 Å². The molecule has 0 unspecified atom stereocenters. The Morgan fingerprint density at radius 2 is 1.77 bits per heavy atom. The third-order valence-corrected chi connectivity index (χ3v) is 5.31. The summed E-state index contributed by atoms with van der Waals surface area (Å²) < 4.78 is 26.4. The smallest absolute Gasteiger partial charge is 0.227 e. The van der Waals surface area contributed by atoms with Gasteiger partial charge in [-0.3, -0.25) is 0 Å². The maximum atomic E-state index is 12.5.